The summed E-state index contributed by atoms with van der Waals surface area (Å²) >= 11 is 0. The molecular formula is C13H12F2N2. The van der Waals surface area contributed by atoms with Gasteiger partial charge in [-0.15, -0.1) is 0 Å². The first-order valence-electron chi connectivity index (χ1n) is 5.68. The van der Waals surface area contributed by atoms with Crippen LogP contribution in [0.25, 0.3) is 11.3 Å². The molecule has 0 bridgehead atoms. The van der Waals surface area contributed by atoms with Crippen molar-refractivity contribution in [1.82, 2.24) is 9.55 Å². The molecule has 0 aliphatic carbocycles. The Labute approximate surface area is 97.9 Å². The summed E-state index contributed by atoms with van der Waals surface area (Å²) in [6.45, 7) is 2.87. The zero-order valence-corrected chi connectivity index (χ0v) is 9.50. The van der Waals surface area contributed by atoms with Crippen molar-refractivity contribution in [3.8, 4) is 11.3 Å². The fourth-order valence-corrected chi connectivity index (χ4v) is 2.41. The molecule has 0 fully saturated rings. The van der Waals surface area contributed by atoms with Crippen LogP contribution in [-0.2, 0) is 13.0 Å². The van der Waals surface area contributed by atoms with Gasteiger partial charge in [0.15, 0.2) is 0 Å². The second-order valence-electron chi connectivity index (χ2n) is 4.34. The van der Waals surface area contributed by atoms with E-state index in [-0.39, 0.29) is 0 Å². The Morgan fingerprint density at radius 3 is 2.82 bits per heavy atom. The monoisotopic (exact) mass is 234 g/mol. The van der Waals surface area contributed by atoms with Crippen LogP contribution in [0.4, 0.5) is 8.78 Å². The molecular weight excluding hydrogens is 222 g/mol. The van der Waals surface area contributed by atoms with E-state index in [1.165, 1.54) is 12.1 Å². The Bertz CT molecular complexity index is 587. The van der Waals surface area contributed by atoms with Crippen LogP contribution >= 0.6 is 0 Å². The van der Waals surface area contributed by atoms with Gasteiger partial charge in [0, 0.05) is 30.3 Å². The second-order valence-corrected chi connectivity index (χ2v) is 4.34. The molecule has 2 nitrogen and oxygen atoms in total. The lowest BCUT2D eigenvalue weighted by molar-refractivity contribution is 0.585. The highest BCUT2D eigenvalue weighted by atomic mass is 19.1. The highest BCUT2D eigenvalue weighted by Gasteiger charge is 2.20. The van der Waals surface area contributed by atoms with Gasteiger partial charge in [0.05, 0.1) is 5.69 Å². The summed E-state index contributed by atoms with van der Waals surface area (Å²) in [5.74, 6) is -0.109. The molecule has 1 aliphatic heterocycles. The van der Waals surface area contributed by atoms with E-state index in [1.54, 1.807) is 0 Å². The van der Waals surface area contributed by atoms with Crippen LogP contribution in [0.15, 0.2) is 18.2 Å². The zero-order chi connectivity index (χ0) is 12.0. The molecule has 17 heavy (non-hydrogen) atoms. The minimum absolute atomic E-state index is 0.380. The number of halogens is 2. The number of rotatable bonds is 1. The summed E-state index contributed by atoms with van der Waals surface area (Å²) in [4.78, 5) is 4.45. The first-order chi connectivity index (χ1) is 8.16. The maximum atomic E-state index is 13.7. The molecule has 2 heterocycles. The molecule has 1 aromatic carbocycles. The lowest BCUT2D eigenvalue weighted by Gasteiger charge is -2.03. The van der Waals surface area contributed by atoms with Gasteiger partial charge in [-0.3, -0.25) is 0 Å². The number of nitrogens with zero attached hydrogens (tertiary/aromatic N) is 2. The third-order valence-electron chi connectivity index (χ3n) is 3.27. The van der Waals surface area contributed by atoms with Gasteiger partial charge in [0.1, 0.15) is 17.5 Å². The summed E-state index contributed by atoms with van der Waals surface area (Å²) in [7, 11) is 0. The fraction of sp³-hybridized carbons (Fsp3) is 0.308. The van der Waals surface area contributed by atoms with Crippen molar-refractivity contribution >= 4 is 0 Å². The molecule has 0 spiro atoms. The standard InChI is InChI=1S/C13H12F2N2/c1-8-13(16-12-3-2-6-17(8)12)10-5-4-9(14)7-11(10)15/h4-5,7H,2-3,6H2,1H3. The number of aryl methyl sites for hydroxylation is 1. The summed E-state index contributed by atoms with van der Waals surface area (Å²) in [5, 5.41) is 0. The highest BCUT2D eigenvalue weighted by Crippen LogP contribution is 2.29. The Balaban J connectivity index is 2.16. The SMILES string of the molecule is Cc1c(-c2ccc(F)cc2F)nc2n1CCC2. The van der Waals surface area contributed by atoms with Crippen molar-refractivity contribution in [2.75, 3.05) is 0 Å². The van der Waals surface area contributed by atoms with Gasteiger partial charge >= 0.3 is 0 Å². The molecule has 1 aliphatic rings. The number of imidazole rings is 1. The predicted molar refractivity (Wildman–Crippen MR) is 60.6 cm³/mol. The van der Waals surface area contributed by atoms with Gasteiger partial charge in [0.2, 0.25) is 0 Å². The largest absolute Gasteiger partial charge is 0.332 e. The lowest BCUT2D eigenvalue weighted by atomic mass is 10.1. The van der Waals surface area contributed by atoms with E-state index in [9.17, 15) is 8.78 Å². The normalized spacial score (nSPS) is 14.1. The number of aromatic nitrogens is 2. The topological polar surface area (TPSA) is 17.8 Å². The van der Waals surface area contributed by atoms with E-state index < -0.39 is 11.6 Å². The Kier molecular flexibility index (Phi) is 2.24. The van der Waals surface area contributed by atoms with Crippen molar-refractivity contribution in [1.29, 1.82) is 0 Å². The Hall–Kier alpha value is -1.71. The third kappa shape index (κ3) is 1.55. The molecule has 1 aromatic heterocycles. The van der Waals surface area contributed by atoms with E-state index in [4.69, 9.17) is 0 Å². The fourth-order valence-electron chi connectivity index (χ4n) is 2.41. The number of benzene rings is 1. The van der Waals surface area contributed by atoms with E-state index >= 15 is 0 Å². The van der Waals surface area contributed by atoms with Crippen LogP contribution in [0, 0.1) is 18.6 Å². The van der Waals surface area contributed by atoms with Crippen molar-refractivity contribution in [2.24, 2.45) is 0 Å². The second kappa shape index (κ2) is 3.65. The van der Waals surface area contributed by atoms with E-state index in [2.05, 4.69) is 9.55 Å². The Morgan fingerprint density at radius 1 is 1.29 bits per heavy atom. The average molecular weight is 234 g/mol. The number of fused-ring (bicyclic) bond motifs is 1. The maximum Gasteiger partial charge on any atom is 0.135 e. The zero-order valence-electron chi connectivity index (χ0n) is 9.50. The molecule has 0 atom stereocenters. The molecule has 3 rings (SSSR count). The van der Waals surface area contributed by atoms with Gasteiger partial charge in [-0.25, -0.2) is 13.8 Å². The predicted octanol–water partition coefficient (Wildman–Crippen LogP) is 3.08. The van der Waals surface area contributed by atoms with Crippen LogP contribution in [0.5, 0.6) is 0 Å². The summed E-state index contributed by atoms with van der Waals surface area (Å²) in [5.41, 5.74) is 1.98. The van der Waals surface area contributed by atoms with Crippen molar-refractivity contribution in [3.05, 3.63) is 41.4 Å². The van der Waals surface area contributed by atoms with Crippen LogP contribution in [-0.4, -0.2) is 9.55 Å². The van der Waals surface area contributed by atoms with Crippen molar-refractivity contribution < 1.29 is 8.78 Å². The number of hydrogen-bond acceptors (Lipinski definition) is 1. The maximum absolute atomic E-state index is 13.7. The highest BCUT2D eigenvalue weighted by molar-refractivity contribution is 5.63. The van der Waals surface area contributed by atoms with Gasteiger partial charge < -0.3 is 4.57 Å². The average Bonchev–Trinajstić information content (AvgIpc) is 2.83. The van der Waals surface area contributed by atoms with Crippen LogP contribution in [0.2, 0.25) is 0 Å². The summed E-state index contributed by atoms with van der Waals surface area (Å²) < 4.78 is 28.7. The Morgan fingerprint density at radius 2 is 2.12 bits per heavy atom. The van der Waals surface area contributed by atoms with Crippen LogP contribution in [0.3, 0.4) is 0 Å². The summed E-state index contributed by atoms with van der Waals surface area (Å²) in [6.07, 6.45) is 2.03. The molecule has 0 saturated carbocycles. The first-order valence-corrected chi connectivity index (χ1v) is 5.68. The lowest BCUT2D eigenvalue weighted by Crippen LogP contribution is -1.95. The minimum atomic E-state index is -0.560. The molecule has 0 unspecified atom stereocenters. The van der Waals surface area contributed by atoms with Gasteiger partial charge in [-0.05, 0) is 25.5 Å². The third-order valence-corrected chi connectivity index (χ3v) is 3.27. The smallest absolute Gasteiger partial charge is 0.135 e. The van der Waals surface area contributed by atoms with Crippen LogP contribution < -0.4 is 0 Å². The van der Waals surface area contributed by atoms with Gasteiger partial charge in [-0.1, -0.05) is 0 Å². The van der Waals surface area contributed by atoms with E-state index in [1.807, 2.05) is 6.92 Å². The first kappa shape index (κ1) is 10.4. The molecule has 88 valence electrons. The number of hydrogen-bond donors (Lipinski definition) is 0. The molecule has 4 heteroatoms. The van der Waals surface area contributed by atoms with Crippen LogP contribution in [0.1, 0.15) is 17.9 Å². The molecule has 0 saturated heterocycles. The molecule has 0 N–H and O–H groups in total. The minimum Gasteiger partial charge on any atom is -0.332 e. The van der Waals surface area contributed by atoms with E-state index in [0.29, 0.717) is 11.3 Å². The van der Waals surface area contributed by atoms with E-state index in [0.717, 1.165) is 37.0 Å². The molecule has 0 amide bonds. The van der Waals surface area contributed by atoms with Gasteiger partial charge in [0.25, 0.3) is 0 Å². The molecule has 2 aromatic rings. The summed E-state index contributed by atoms with van der Waals surface area (Å²) in [6, 6.07) is 3.62. The van der Waals surface area contributed by atoms with Gasteiger partial charge in [-0.2, -0.15) is 0 Å². The van der Waals surface area contributed by atoms with Crippen molar-refractivity contribution in [3.63, 3.8) is 0 Å². The quantitative estimate of drug-likeness (QED) is 0.741. The van der Waals surface area contributed by atoms with Crippen molar-refractivity contribution in [2.45, 2.75) is 26.3 Å². The molecule has 0 radical (unpaired) electrons.